The summed E-state index contributed by atoms with van der Waals surface area (Å²) in [5.74, 6) is 9.68. The Balaban J connectivity index is 1.72. The van der Waals surface area contributed by atoms with Crippen LogP contribution < -0.4 is 23.6 Å². The summed E-state index contributed by atoms with van der Waals surface area (Å²) in [6.45, 7) is 0. The van der Waals surface area contributed by atoms with Gasteiger partial charge in [-0.2, -0.15) is 0 Å². The summed E-state index contributed by atoms with van der Waals surface area (Å²) in [5, 5.41) is 44.2. The van der Waals surface area contributed by atoms with Gasteiger partial charge in [0.05, 0.1) is 0 Å². The second kappa shape index (κ2) is 16.4. The van der Waals surface area contributed by atoms with Crippen LogP contribution in [0.4, 0.5) is 0 Å². The third-order valence-electron chi connectivity index (χ3n) is 6.71. The van der Waals surface area contributed by atoms with Crippen LogP contribution in [0, 0.1) is 44.3 Å². The number of para-hydroxylation sites is 5. The Morgan fingerprint density at radius 2 is 0.980 bits per heavy atom. The van der Waals surface area contributed by atoms with Gasteiger partial charge in [0.25, 0.3) is 0 Å². The van der Waals surface area contributed by atoms with Gasteiger partial charge in [0.15, 0.2) is 0 Å². The molecule has 2 unspecified atom stereocenters. The SMILES string of the molecule is N#CP1N=P(C#N)(C#N)N(Oc2ccccc2)[PH](C#N)(Oc2ccccc2)N(Oc2ccccc2)P(Oc2ccccc2)N1Oc1ccccc1. The molecule has 1 aliphatic heterocycles. The van der Waals surface area contributed by atoms with Crippen LogP contribution in [0.1, 0.15) is 0 Å². The molecule has 2 atom stereocenters. The van der Waals surface area contributed by atoms with E-state index in [-0.39, 0.29) is 23.0 Å². The van der Waals surface area contributed by atoms with Crippen molar-refractivity contribution in [3.63, 3.8) is 0 Å². The van der Waals surface area contributed by atoms with Crippen molar-refractivity contribution >= 4 is 31.7 Å². The van der Waals surface area contributed by atoms with Crippen molar-refractivity contribution in [2.75, 3.05) is 0 Å². The van der Waals surface area contributed by atoms with Crippen LogP contribution in [0.3, 0.4) is 0 Å². The van der Waals surface area contributed by atoms with Gasteiger partial charge in [0.1, 0.15) is 0 Å². The Hall–Kier alpha value is -5.54. The van der Waals surface area contributed by atoms with Crippen LogP contribution in [0.15, 0.2) is 156 Å². The molecular weight excluding hydrogens is 724 g/mol. The molecule has 6 rings (SSSR count). The molecule has 13 nitrogen and oxygen atoms in total. The molecule has 1 aliphatic rings. The molecule has 0 aromatic heterocycles. The Morgan fingerprint density at radius 1 is 0.549 bits per heavy atom. The van der Waals surface area contributed by atoms with Crippen LogP contribution in [0.5, 0.6) is 28.7 Å². The maximum atomic E-state index is 11.6. The third kappa shape index (κ3) is 7.79. The first-order chi connectivity index (χ1) is 25.0. The van der Waals surface area contributed by atoms with E-state index in [1.54, 1.807) is 152 Å². The van der Waals surface area contributed by atoms with Crippen molar-refractivity contribution in [1.82, 2.24) is 13.8 Å². The zero-order chi connectivity index (χ0) is 35.5. The molecule has 0 aliphatic carbocycles. The van der Waals surface area contributed by atoms with Gasteiger partial charge in [-0.3, -0.25) is 0 Å². The Bertz CT molecular complexity index is 2130. The van der Waals surface area contributed by atoms with Gasteiger partial charge < -0.3 is 0 Å². The monoisotopic (exact) mass is 750 g/mol. The van der Waals surface area contributed by atoms with E-state index in [1.165, 1.54) is 0 Å². The second-order valence-corrected chi connectivity index (χ2v) is 18.8. The first-order valence-corrected chi connectivity index (χ1v) is 20.9. The normalized spacial score (nSPS) is 19.0. The molecule has 0 saturated heterocycles. The van der Waals surface area contributed by atoms with E-state index in [0.29, 0.717) is 5.75 Å². The van der Waals surface area contributed by atoms with E-state index in [1.807, 2.05) is 11.6 Å². The van der Waals surface area contributed by atoms with Crippen LogP contribution in [0.2, 0.25) is 0 Å². The van der Waals surface area contributed by atoms with Crippen LogP contribution >= 0.6 is 31.7 Å². The third-order valence-corrected chi connectivity index (χ3v) is 17.3. The summed E-state index contributed by atoms with van der Waals surface area (Å²) in [4.78, 5) is 19.4. The summed E-state index contributed by atoms with van der Waals surface area (Å²) in [5.41, 5.74) is 0. The van der Waals surface area contributed by atoms with Gasteiger partial charge in [-0.1, -0.05) is 0 Å². The van der Waals surface area contributed by atoms with E-state index in [2.05, 4.69) is 16.1 Å². The van der Waals surface area contributed by atoms with Crippen molar-refractivity contribution in [3.05, 3.63) is 152 Å². The predicted molar refractivity (Wildman–Crippen MR) is 195 cm³/mol. The molecule has 0 fully saturated rings. The molecule has 5 aromatic carbocycles. The van der Waals surface area contributed by atoms with Gasteiger partial charge in [0, 0.05) is 0 Å². The fraction of sp³-hybridized carbons (Fsp3) is 0. The second-order valence-electron chi connectivity index (χ2n) is 10.1. The molecule has 0 saturated carbocycles. The minimum atomic E-state index is -4.98. The molecule has 51 heavy (non-hydrogen) atoms. The molecule has 0 amide bonds. The van der Waals surface area contributed by atoms with Crippen molar-refractivity contribution in [1.29, 1.82) is 21.0 Å². The van der Waals surface area contributed by atoms with Gasteiger partial charge >= 0.3 is 298 Å². The van der Waals surface area contributed by atoms with Crippen LogP contribution in [-0.4, -0.2) is 13.8 Å². The van der Waals surface area contributed by atoms with Gasteiger partial charge in [0.2, 0.25) is 0 Å². The predicted octanol–water partition coefficient (Wildman–Crippen LogP) is 10.1. The molecule has 0 spiro atoms. The standard InChI is InChI=1S/C34H26N8O5P4/c35-26-48-39-50(27-36,28-37)42(45-32-20-10-3-11-21-32)51(29-38,47-34-24-14-5-15-25-34)41(44-31-18-8-2-9-19-31)49(46-33-22-12-4-13-23-33)40(48)43-30-16-6-1-7-17-30/h1-25,51H. The number of hydrogen-bond acceptors (Lipinski definition) is 13. The molecule has 0 bridgehead atoms. The number of nitrogens with zero attached hydrogens (tertiary/aromatic N) is 8. The molecule has 0 radical (unpaired) electrons. The average molecular weight is 751 g/mol. The molecule has 5 aromatic rings. The van der Waals surface area contributed by atoms with E-state index in [9.17, 15) is 21.0 Å². The first-order valence-electron chi connectivity index (χ1n) is 15.0. The first kappa shape index (κ1) is 35.3. The van der Waals surface area contributed by atoms with Crippen LogP contribution in [-0.2, 0) is 0 Å². The summed E-state index contributed by atoms with van der Waals surface area (Å²) in [6, 6.07) is 42.4. The molecule has 17 heteroatoms. The molecule has 0 N–H and O–H groups in total. The van der Waals surface area contributed by atoms with Crippen molar-refractivity contribution in [2.24, 2.45) is 4.52 Å². The summed E-state index contributed by atoms with van der Waals surface area (Å²) >= 11 is 0. The van der Waals surface area contributed by atoms with E-state index >= 15 is 0 Å². The molecule has 252 valence electrons. The number of rotatable bonds is 10. The zero-order valence-corrected chi connectivity index (χ0v) is 30.1. The van der Waals surface area contributed by atoms with Gasteiger partial charge in [-0.25, -0.2) is 0 Å². The van der Waals surface area contributed by atoms with Crippen molar-refractivity contribution in [3.8, 4) is 52.0 Å². The number of nitriles is 4. The van der Waals surface area contributed by atoms with E-state index in [4.69, 9.17) is 23.6 Å². The summed E-state index contributed by atoms with van der Waals surface area (Å²) < 4.78 is 21.3. The summed E-state index contributed by atoms with van der Waals surface area (Å²) in [6.07, 6.45) is 0. The van der Waals surface area contributed by atoms with Crippen molar-refractivity contribution in [2.45, 2.75) is 0 Å². The number of hydrogen-bond donors (Lipinski definition) is 0. The Morgan fingerprint density at radius 3 is 1.43 bits per heavy atom. The van der Waals surface area contributed by atoms with Gasteiger partial charge in [-0.05, 0) is 0 Å². The molecular formula is C34H26N8O5P4. The topological polar surface area (TPSA) is 163 Å². The Labute approximate surface area is 297 Å². The molecule has 1 heterocycles. The maximum absolute atomic E-state index is 11.6. The Kier molecular flexibility index (Phi) is 11.4. The van der Waals surface area contributed by atoms with E-state index in [0.717, 1.165) is 13.8 Å². The zero-order valence-electron chi connectivity index (χ0n) is 26.4. The fourth-order valence-corrected chi connectivity index (χ4v) is 15.8. The van der Waals surface area contributed by atoms with Crippen molar-refractivity contribution < 1.29 is 23.6 Å². The fourth-order valence-electron chi connectivity index (χ4n) is 4.44. The van der Waals surface area contributed by atoms with Crippen LogP contribution in [0.25, 0.3) is 0 Å². The van der Waals surface area contributed by atoms with E-state index < -0.39 is 31.7 Å². The quantitative estimate of drug-likeness (QED) is 0.124. The summed E-state index contributed by atoms with van der Waals surface area (Å²) in [7, 11) is -14.5. The average Bonchev–Trinajstić information content (AvgIpc) is 3.19. The minimum absolute atomic E-state index is 0.165. The number of benzene rings is 5. The van der Waals surface area contributed by atoms with Gasteiger partial charge in [-0.15, -0.1) is 0 Å².